The normalized spacial score (nSPS) is 14.5. The number of ether oxygens (including phenoxy) is 3. The van der Waals surface area contributed by atoms with Gasteiger partial charge in [0.05, 0.1) is 32.3 Å². The lowest BCUT2D eigenvalue weighted by Crippen LogP contribution is -2.60. The fourth-order valence-electron chi connectivity index (χ4n) is 6.57. The third-order valence-corrected chi connectivity index (χ3v) is 9.24. The molecule has 0 spiro atoms. The van der Waals surface area contributed by atoms with Crippen molar-refractivity contribution < 1.29 is 19.0 Å². The number of benzene rings is 2. The van der Waals surface area contributed by atoms with Crippen LogP contribution in [0.4, 0.5) is 10.6 Å². The van der Waals surface area contributed by atoms with Gasteiger partial charge >= 0.3 is 6.09 Å². The Morgan fingerprint density at radius 3 is 2.46 bits per heavy atom. The lowest BCUT2D eigenvalue weighted by Gasteiger charge is -2.44. The summed E-state index contributed by atoms with van der Waals surface area (Å²) in [7, 11) is 5.16. The molecule has 1 amide bonds. The summed E-state index contributed by atoms with van der Waals surface area (Å²) in [6.45, 7) is 7.56. The molecule has 4 heterocycles. The molecule has 10 nitrogen and oxygen atoms in total. The Labute approximate surface area is 281 Å². The molecule has 48 heavy (non-hydrogen) atoms. The number of rotatable bonds is 8. The van der Waals surface area contributed by atoms with Crippen molar-refractivity contribution in [1.82, 2.24) is 24.6 Å². The summed E-state index contributed by atoms with van der Waals surface area (Å²) >= 11 is 0. The van der Waals surface area contributed by atoms with Crippen LogP contribution in [-0.4, -0.2) is 76.7 Å². The molecule has 0 saturated carbocycles. The molecule has 1 aliphatic heterocycles. The molecule has 5 aromatic rings. The lowest BCUT2D eigenvalue weighted by atomic mass is 9.99. The third-order valence-electron chi connectivity index (χ3n) is 9.24. The van der Waals surface area contributed by atoms with E-state index in [2.05, 4.69) is 47.4 Å². The Kier molecular flexibility index (Phi) is 8.19. The summed E-state index contributed by atoms with van der Waals surface area (Å²) < 4.78 is 18.9. The van der Waals surface area contributed by atoms with Gasteiger partial charge in [0.25, 0.3) is 0 Å². The second-order valence-electron chi connectivity index (χ2n) is 13.6. The van der Waals surface area contributed by atoms with E-state index in [1.807, 2.05) is 49.8 Å². The maximum absolute atomic E-state index is 12.5. The lowest BCUT2D eigenvalue weighted by molar-refractivity contribution is 0.0196. The molecule has 2 aliphatic rings. The van der Waals surface area contributed by atoms with E-state index in [0.717, 1.165) is 75.7 Å². The van der Waals surface area contributed by atoms with Gasteiger partial charge in [-0.15, -0.1) is 0 Å². The van der Waals surface area contributed by atoms with Crippen molar-refractivity contribution in [2.24, 2.45) is 0 Å². The van der Waals surface area contributed by atoms with Crippen LogP contribution < -0.4 is 14.4 Å². The van der Waals surface area contributed by atoms with E-state index in [9.17, 15) is 4.79 Å². The fraction of sp³-hybridized carbons (Fsp3) is 0.368. The second-order valence-corrected chi connectivity index (χ2v) is 13.6. The van der Waals surface area contributed by atoms with Gasteiger partial charge in [-0.25, -0.2) is 14.8 Å². The number of hydrogen-bond acceptors (Lipinski definition) is 8. The van der Waals surface area contributed by atoms with Crippen LogP contribution in [0.3, 0.4) is 0 Å². The van der Waals surface area contributed by atoms with Gasteiger partial charge in [0.2, 0.25) is 0 Å². The number of carbonyl (C=O) groups excluding carboxylic acids is 1. The first-order chi connectivity index (χ1) is 23.1. The van der Waals surface area contributed by atoms with Crippen molar-refractivity contribution in [1.29, 1.82) is 0 Å². The average molecular weight is 647 g/mol. The maximum atomic E-state index is 12.5. The molecule has 1 saturated heterocycles. The number of amides is 1. The smallest absolute Gasteiger partial charge is 0.410 e. The Hall–Kier alpha value is -5.12. The number of likely N-dealkylation sites (N-methyl/N-ethyl adjacent to an activating group) is 1. The molecule has 3 aromatic heterocycles. The minimum absolute atomic E-state index is 0.0657. The summed E-state index contributed by atoms with van der Waals surface area (Å²) in [5.74, 6) is 2.39. The topological polar surface area (TPSA) is 94.8 Å². The predicted molar refractivity (Wildman–Crippen MR) is 187 cm³/mol. The highest BCUT2D eigenvalue weighted by atomic mass is 16.6. The van der Waals surface area contributed by atoms with Crippen molar-refractivity contribution in [3.05, 3.63) is 83.6 Å². The minimum Gasteiger partial charge on any atom is -0.497 e. The van der Waals surface area contributed by atoms with Crippen LogP contribution in [0.2, 0.25) is 0 Å². The van der Waals surface area contributed by atoms with Crippen LogP contribution in [-0.2, 0) is 24.1 Å². The molecular weight excluding hydrogens is 604 g/mol. The van der Waals surface area contributed by atoms with Gasteiger partial charge in [0, 0.05) is 43.5 Å². The van der Waals surface area contributed by atoms with Crippen LogP contribution in [0.1, 0.15) is 43.9 Å². The van der Waals surface area contributed by atoms with Crippen LogP contribution >= 0.6 is 0 Å². The zero-order valence-electron chi connectivity index (χ0n) is 28.5. The number of methoxy groups -OCH3 is 2. The molecule has 1 fully saturated rings. The van der Waals surface area contributed by atoms with E-state index in [1.54, 1.807) is 26.2 Å². The quantitative estimate of drug-likeness (QED) is 0.182. The van der Waals surface area contributed by atoms with Crippen LogP contribution in [0.25, 0.3) is 33.5 Å². The molecule has 0 N–H and O–H groups in total. The van der Waals surface area contributed by atoms with Gasteiger partial charge in [0.15, 0.2) is 0 Å². The van der Waals surface area contributed by atoms with Gasteiger partial charge < -0.3 is 24.0 Å². The molecule has 10 heteroatoms. The zero-order chi connectivity index (χ0) is 33.6. The minimum atomic E-state index is -0.528. The highest BCUT2D eigenvalue weighted by molar-refractivity contribution is 5.93. The molecule has 2 aromatic carbocycles. The Morgan fingerprint density at radius 1 is 0.979 bits per heavy atom. The number of carbonyl (C=O) groups is 1. The first kappa shape index (κ1) is 31.5. The van der Waals surface area contributed by atoms with Gasteiger partial charge in [-0.2, -0.15) is 5.10 Å². The predicted octanol–water partition coefficient (Wildman–Crippen LogP) is 6.77. The Balaban J connectivity index is 1.22. The molecule has 0 atom stereocenters. The Morgan fingerprint density at radius 2 is 1.77 bits per heavy atom. The maximum Gasteiger partial charge on any atom is 0.410 e. The molecule has 1 aliphatic carbocycles. The molecule has 0 radical (unpaired) electrons. The average Bonchev–Trinajstić information content (AvgIpc) is 3.68. The van der Waals surface area contributed by atoms with Crippen molar-refractivity contribution in [2.75, 3.05) is 39.3 Å². The van der Waals surface area contributed by atoms with Crippen molar-refractivity contribution >= 4 is 22.9 Å². The largest absolute Gasteiger partial charge is 0.497 e. The molecule has 7 rings (SSSR count). The first-order valence-electron chi connectivity index (χ1n) is 16.5. The van der Waals surface area contributed by atoms with Gasteiger partial charge in [-0.3, -0.25) is 4.68 Å². The van der Waals surface area contributed by atoms with Gasteiger partial charge in [0.1, 0.15) is 39.8 Å². The number of nitrogens with zero attached hydrogens (tertiary/aromatic N) is 6. The van der Waals surface area contributed by atoms with Crippen LogP contribution in [0.5, 0.6) is 11.5 Å². The number of aromatic nitrogens is 4. The molecule has 0 unspecified atom stereocenters. The van der Waals surface area contributed by atoms with Crippen molar-refractivity contribution in [3.63, 3.8) is 0 Å². The van der Waals surface area contributed by atoms with Crippen molar-refractivity contribution in [3.8, 4) is 34.0 Å². The second kappa shape index (κ2) is 12.5. The molecular formula is C38H42N6O4. The van der Waals surface area contributed by atoms with E-state index < -0.39 is 5.60 Å². The standard InChI is InChI=1S/C38H42N6O4/c1-38(2,3)48-37(45)42(4)27-22-43(23-27)33-18-15-26(20-39-33)34-36-31(44(41-34)21-24-13-16-28(46-5)17-14-24)19-32(47-6)35(40-36)30-12-8-10-25-9-7-11-29(25)30/h8,10,12-20,27H,7,9,11,21-23H2,1-6H3. The van der Waals surface area contributed by atoms with Gasteiger partial charge in [-0.05, 0) is 81.0 Å². The summed E-state index contributed by atoms with van der Waals surface area (Å²) in [5, 5.41) is 5.13. The number of pyridine rings is 2. The van der Waals surface area contributed by atoms with E-state index in [4.69, 9.17) is 29.3 Å². The van der Waals surface area contributed by atoms with E-state index in [-0.39, 0.29) is 12.1 Å². The monoisotopic (exact) mass is 646 g/mol. The summed E-state index contributed by atoms with van der Waals surface area (Å²) in [6, 6.07) is 20.7. The first-order valence-corrected chi connectivity index (χ1v) is 16.5. The fourth-order valence-corrected chi connectivity index (χ4v) is 6.57. The van der Waals surface area contributed by atoms with Crippen LogP contribution in [0, 0.1) is 0 Å². The summed E-state index contributed by atoms with van der Waals surface area (Å²) in [4.78, 5) is 26.5. The highest BCUT2D eigenvalue weighted by Crippen LogP contribution is 2.40. The van der Waals surface area contributed by atoms with Crippen molar-refractivity contribution in [2.45, 2.75) is 58.2 Å². The Bertz CT molecular complexity index is 1960. The SMILES string of the molecule is COc1ccc(Cn2nc(-c3ccc(N4CC(N(C)C(=O)OC(C)(C)C)C4)nc3)c3nc(-c4cccc5c4CCC5)c(OC)cc32)cc1. The summed E-state index contributed by atoms with van der Waals surface area (Å²) in [6.07, 6.45) is 4.83. The number of hydrogen-bond donors (Lipinski definition) is 0. The van der Waals surface area contributed by atoms with E-state index in [0.29, 0.717) is 19.6 Å². The van der Waals surface area contributed by atoms with Gasteiger partial charge in [-0.1, -0.05) is 30.3 Å². The molecule has 0 bridgehead atoms. The third kappa shape index (κ3) is 6.03. The number of aryl methyl sites for hydroxylation is 1. The number of fused-ring (bicyclic) bond motifs is 2. The summed E-state index contributed by atoms with van der Waals surface area (Å²) in [5.41, 5.74) is 8.58. The molecule has 248 valence electrons. The highest BCUT2D eigenvalue weighted by Gasteiger charge is 2.35. The van der Waals surface area contributed by atoms with Crippen LogP contribution in [0.15, 0.2) is 66.9 Å². The zero-order valence-corrected chi connectivity index (χ0v) is 28.5. The number of anilines is 1. The van der Waals surface area contributed by atoms with E-state index in [1.165, 1.54) is 11.1 Å². The van der Waals surface area contributed by atoms with E-state index >= 15 is 0 Å².